The van der Waals surface area contributed by atoms with Gasteiger partial charge in [0.15, 0.2) is 5.11 Å². The Kier molecular flexibility index (Phi) is 3.31. The van der Waals surface area contributed by atoms with Crippen molar-refractivity contribution >= 4 is 17.3 Å². The largest absolute Gasteiger partial charge is 0.366 e. The minimum Gasteiger partial charge on any atom is -0.366 e. The summed E-state index contributed by atoms with van der Waals surface area (Å²) >= 11 is 4.97. The third-order valence-corrected chi connectivity index (χ3v) is 2.48. The van der Waals surface area contributed by atoms with Crippen molar-refractivity contribution in [2.24, 2.45) is 7.05 Å². The van der Waals surface area contributed by atoms with Gasteiger partial charge in [-0.15, -0.1) is 0 Å². The molecule has 13 heavy (non-hydrogen) atoms. The van der Waals surface area contributed by atoms with Gasteiger partial charge in [0.25, 0.3) is 0 Å². The van der Waals surface area contributed by atoms with Gasteiger partial charge in [0.2, 0.25) is 0 Å². The summed E-state index contributed by atoms with van der Waals surface area (Å²) in [6, 6.07) is 4.19. The number of hydrogen-bond acceptors (Lipinski definition) is 1. The molecule has 1 aromatic rings. The molecule has 1 rings (SSSR count). The second-order valence-electron chi connectivity index (χ2n) is 2.96. The molecule has 0 amide bonds. The Bertz CT molecular complexity index is 304. The Hall–Kier alpha value is -1.03. The van der Waals surface area contributed by atoms with Crippen LogP contribution in [0.4, 0.5) is 0 Å². The van der Waals surface area contributed by atoms with Gasteiger partial charge >= 0.3 is 0 Å². The smallest absolute Gasteiger partial charge is 0.166 e. The number of thiocarbonyl (C=S) groups is 1. The molecule has 0 atom stereocenters. The molecule has 0 spiro atoms. The highest BCUT2D eigenvalue weighted by Crippen LogP contribution is 2.04. The normalized spacial score (nSPS) is 9.77. The second kappa shape index (κ2) is 4.28. The number of hydrogen-bond donors (Lipinski definition) is 2. The van der Waals surface area contributed by atoms with E-state index in [0.29, 0.717) is 5.11 Å². The fourth-order valence-electron chi connectivity index (χ4n) is 1.10. The van der Waals surface area contributed by atoms with Crippen molar-refractivity contribution < 1.29 is 0 Å². The van der Waals surface area contributed by atoms with Gasteiger partial charge < -0.3 is 15.2 Å². The van der Waals surface area contributed by atoms with Gasteiger partial charge in [0.05, 0.1) is 6.54 Å². The molecule has 0 radical (unpaired) electrons. The molecule has 1 heterocycles. The lowest BCUT2D eigenvalue weighted by atomic mass is 10.4. The van der Waals surface area contributed by atoms with Gasteiger partial charge in [0.1, 0.15) is 0 Å². The van der Waals surface area contributed by atoms with Crippen molar-refractivity contribution in [2.75, 3.05) is 7.05 Å². The van der Waals surface area contributed by atoms with E-state index in [4.69, 9.17) is 12.2 Å². The van der Waals surface area contributed by atoms with Crippen molar-refractivity contribution in [2.45, 2.75) is 13.5 Å². The fourth-order valence-corrected chi connectivity index (χ4v) is 1.18. The second-order valence-corrected chi connectivity index (χ2v) is 3.37. The summed E-state index contributed by atoms with van der Waals surface area (Å²) in [6.45, 7) is 2.85. The molecule has 0 aromatic carbocycles. The Labute approximate surface area is 84.1 Å². The molecule has 2 N–H and O–H groups in total. The third-order valence-electron chi connectivity index (χ3n) is 2.13. The van der Waals surface area contributed by atoms with Crippen LogP contribution in [0.3, 0.4) is 0 Å². The summed E-state index contributed by atoms with van der Waals surface area (Å²) < 4.78 is 2.14. The summed E-state index contributed by atoms with van der Waals surface area (Å²) in [6.07, 6.45) is 0. The van der Waals surface area contributed by atoms with Crippen LogP contribution < -0.4 is 10.6 Å². The van der Waals surface area contributed by atoms with Gasteiger partial charge in [0, 0.05) is 25.5 Å². The van der Waals surface area contributed by atoms with E-state index in [1.54, 1.807) is 0 Å². The Morgan fingerprint density at radius 3 is 2.69 bits per heavy atom. The third kappa shape index (κ3) is 2.45. The molecule has 0 unspecified atom stereocenters. The lowest BCUT2D eigenvalue weighted by molar-refractivity contribution is 0.757. The lowest BCUT2D eigenvalue weighted by Gasteiger charge is -2.08. The van der Waals surface area contributed by atoms with E-state index in [1.165, 1.54) is 11.4 Å². The predicted molar refractivity (Wildman–Crippen MR) is 58.6 cm³/mol. The number of aromatic nitrogens is 1. The molecule has 3 nitrogen and oxygen atoms in total. The van der Waals surface area contributed by atoms with Crippen molar-refractivity contribution in [3.8, 4) is 0 Å². The van der Waals surface area contributed by atoms with Crippen LogP contribution >= 0.6 is 12.2 Å². The van der Waals surface area contributed by atoms with Gasteiger partial charge in [-0.1, -0.05) is 0 Å². The van der Waals surface area contributed by atoms with E-state index in [0.717, 1.165) is 6.54 Å². The summed E-state index contributed by atoms with van der Waals surface area (Å²) in [5.74, 6) is 0. The van der Waals surface area contributed by atoms with Gasteiger partial charge in [-0.05, 0) is 31.3 Å². The van der Waals surface area contributed by atoms with E-state index in [9.17, 15) is 0 Å². The van der Waals surface area contributed by atoms with E-state index in [-0.39, 0.29) is 0 Å². The topological polar surface area (TPSA) is 29.0 Å². The maximum atomic E-state index is 4.97. The molecule has 0 fully saturated rings. The molecule has 4 heteroatoms. The molecule has 1 aromatic heterocycles. The van der Waals surface area contributed by atoms with Crippen molar-refractivity contribution in [1.29, 1.82) is 0 Å². The quantitative estimate of drug-likeness (QED) is 0.691. The number of aryl methyl sites for hydroxylation is 1. The average molecular weight is 197 g/mol. The van der Waals surface area contributed by atoms with Crippen molar-refractivity contribution in [3.05, 3.63) is 23.5 Å². The first-order valence-corrected chi connectivity index (χ1v) is 4.62. The standard InChI is InChI=1S/C9H15N3S/c1-7-4-5-8(12(7)3)6-11-9(13)10-2/h4-5H,6H2,1-3H3,(H2,10,11,13). The highest BCUT2D eigenvalue weighted by molar-refractivity contribution is 7.80. The van der Waals surface area contributed by atoms with Gasteiger partial charge in [-0.2, -0.15) is 0 Å². The monoisotopic (exact) mass is 197 g/mol. The molecule has 0 aliphatic heterocycles. The van der Waals surface area contributed by atoms with Crippen LogP contribution in [0.1, 0.15) is 11.4 Å². The number of nitrogens with zero attached hydrogens (tertiary/aromatic N) is 1. The van der Waals surface area contributed by atoms with Crippen LogP contribution in [0.5, 0.6) is 0 Å². The minimum absolute atomic E-state index is 0.679. The SMILES string of the molecule is CNC(=S)NCc1ccc(C)n1C. The molecular formula is C9H15N3S. The summed E-state index contributed by atoms with van der Waals surface area (Å²) in [7, 11) is 3.86. The van der Waals surface area contributed by atoms with Crippen LogP contribution in [0.15, 0.2) is 12.1 Å². The first kappa shape index (κ1) is 10.1. The van der Waals surface area contributed by atoms with E-state index in [2.05, 4.69) is 41.3 Å². The Balaban J connectivity index is 2.55. The van der Waals surface area contributed by atoms with Gasteiger partial charge in [-0.3, -0.25) is 0 Å². The van der Waals surface area contributed by atoms with Gasteiger partial charge in [-0.25, -0.2) is 0 Å². The number of nitrogens with one attached hydrogen (secondary N) is 2. The first-order chi connectivity index (χ1) is 6.15. The highest BCUT2D eigenvalue weighted by atomic mass is 32.1. The Morgan fingerprint density at radius 1 is 1.54 bits per heavy atom. The molecule has 72 valence electrons. The van der Waals surface area contributed by atoms with Crippen molar-refractivity contribution in [3.63, 3.8) is 0 Å². The maximum absolute atomic E-state index is 4.97. The molecule has 0 saturated heterocycles. The molecule has 0 saturated carbocycles. The zero-order valence-corrected chi connectivity index (χ0v) is 9.03. The van der Waals surface area contributed by atoms with Crippen LogP contribution in [0.25, 0.3) is 0 Å². The van der Waals surface area contributed by atoms with Crippen LogP contribution in [-0.4, -0.2) is 16.7 Å². The molecule has 0 aliphatic rings. The fraction of sp³-hybridized carbons (Fsp3) is 0.444. The van der Waals surface area contributed by atoms with E-state index < -0.39 is 0 Å². The molecule has 0 bridgehead atoms. The van der Waals surface area contributed by atoms with E-state index >= 15 is 0 Å². The maximum Gasteiger partial charge on any atom is 0.166 e. The summed E-state index contributed by atoms with van der Waals surface area (Å²) in [5.41, 5.74) is 2.49. The van der Waals surface area contributed by atoms with Crippen molar-refractivity contribution in [1.82, 2.24) is 15.2 Å². The average Bonchev–Trinajstić information content (AvgIpc) is 2.44. The Morgan fingerprint density at radius 2 is 2.23 bits per heavy atom. The molecule has 0 aliphatic carbocycles. The minimum atomic E-state index is 0.679. The van der Waals surface area contributed by atoms with Crippen LogP contribution in [-0.2, 0) is 13.6 Å². The highest BCUT2D eigenvalue weighted by Gasteiger charge is 2.00. The lowest BCUT2D eigenvalue weighted by Crippen LogP contribution is -2.32. The zero-order chi connectivity index (χ0) is 9.84. The van der Waals surface area contributed by atoms with E-state index in [1.807, 2.05) is 7.05 Å². The zero-order valence-electron chi connectivity index (χ0n) is 8.22. The first-order valence-electron chi connectivity index (χ1n) is 4.22. The predicted octanol–water partition coefficient (Wildman–Crippen LogP) is 0.927. The summed E-state index contributed by atoms with van der Waals surface area (Å²) in [5, 5.41) is 6.65. The van der Waals surface area contributed by atoms with Crippen LogP contribution in [0, 0.1) is 6.92 Å². The molecular weight excluding hydrogens is 182 g/mol. The number of rotatable bonds is 2. The summed E-state index contributed by atoms with van der Waals surface area (Å²) in [4.78, 5) is 0. The van der Waals surface area contributed by atoms with Crippen LogP contribution in [0.2, 0.25) is 0 Å².